The number of hydrogen-bond donors (Lipinski definition) is 4. The van der Waals surface area contributed by atoms with Crippen molar-refractivity contribution in [3.63, 3.8) is 0 Å². The first-order valence-electron chi connectivity index (χ1n) is 12.4. The number of alkyl halides is 3. The Morgan fingerprint density at radius 2 is 1.74 bits per heavy atom. The molecule has 0 saturated heterocycles. The zero-order valence-electron chi connectivity index (χ0n) is 21.8. The normalized spacial score (nSPS) is 12.9. The van der Waals surface area contributed by atoms with Crippen LogP contribution in [0.2, 0.25) is 0 Å². The molecule has 2 rings (SSSR count). The Bertz CT molecular complexity index is 1110. The van der Waals surface area contributed by atoms with Gasteiger partial charge in [-0.3, -0.25) is 14.4 Å². The van der Waals surface area contributed by atoms with Gasteiger partial charge in [-0.1, -0.05) is 25.1 Å². The number of rotatable bonds is 12. The number of phenolic OH excluding ortho intramolecular Hbond substituents is 1. The van der Waals surface area contributed by atoms with Crippen LogP contribution in [0.1, 0.15) is 43.4 Å². The molecule has 0 spiro atoms. The summed E-state index contributed by atoms with van der Waals surface area (Å²) in [5.74, 6) is -2.06. The number of aromatic hydroxyl groups is 1. The topological polar surface area (TPSA) is 125 Å². The summed E-state index contributed by atoms with van der Waals surface area (Å²) in [6.07, 6.45) is -4.24. The first-order valence-corrected chi connectivity index (χ1v) is 12.4. The van der Waals surface area contributed by atoms with Gasteiger partial charge < -0.3 is 26.4 Å². The third-order valence-electron chi connectivity index (χ3n) is 6.14. The van der Waals surface area contributed by atoms with Gasteiger partial charge in [0, 0.05) is 38.4 Å². The molecule has 0 radical (unpaired) electrons. The van der Waals surface area contributed by atoms with Crippen LogP contribution in [0, 0.1) is 12.8 Å². The van der Waals surface area contributed by atoms with Crippen LogP contribution in [0.15, 0.2) is 42.5 Å². The molecule has 11 heteroatoms. The Kier molecular flexibility index (Phi) is 11.1. The van der Waals surface area contributed by atoms with Gasteiger partial charge in [0.25, 0.3) is 0 Å². The first kappa shape index (κ1) is 30.6. The zero-order chi connectivity index (χ0) is 28.5. The second kappa shape index (κ2) is 13.8. The van der Waals surface area contributed by atoms with Gasteiger partial charge in [-0.05, 0) is 55.7 Å². The van der Waals surface area contributed by atoms with Gasteiger partial charge in [0.1, 0.15) is 11.8 Å². The van der Waals surface area contributed by atoms with E-state index in [2.05, 4.69) is 10.6 Å². The fourth-order valence-electron chi connectivity index (χ4n) is 3.80. The highest BCUT2D eigenvalue weighted by Crippen LogP contribution is 2.29. The number of carbonyl (C=O) groups is 3. The van der Waals surface area contributed by atoms with Crippen LogP contribution in [0.4, 0.5) is 18.9 Å². The summed E-state index contributed by atoms with van der Waals surface area (Å²) in [5.41, 5.74) is 6.01. The Labute approximate surface area is 220 Å². The molecule has 5 N–H and O–H groups in total. The standard InChI is InChI=1S/C27H35F3N4O4/c1-4-34(14-13-31)24(36)12-6-18(3)25(37)33-22(16-19-7-9-20(10-8-19)27(28,29)30)26(38)32-21-15-17(2)5-11-23(21)35/h5,7-11,15,18,22,35H,4,6,12-14,16,31H2,1-3H3,(H,32,38)(H,33,37)/t18-,22+/m0/s1. The lowest BCUT2D eigenvalue weighted by Gasteiger charge is -2.23. The van der Waals surface area contributed by atoms with E-state index < -0.39 is 35.5 Å². The molecule has 38 heavy (non-hydrogen) atoms. The minimum absolute atomic E-state index is 0.0892. The van der Waals surface area contributed by atoms with Crippen molar-refractivity contribution in [1.82, 2.24) is 10.2 Å². The monoisotopic (exact) mass is 536 g/mol. The number of anilines is 1. The van der Waals surface area contributed by atoms with E-state index in [0.717, 1.165) is 17.7 Å². The lowest BCUT2D eigenvalue weighted by molar-refractivity contribution is -0.137. The maximum Gasteiger partial charge on any atom is 0.416 e. The van der Waals surface area contributed by atoms with Gasteiger partial charge in [0.2, 0.25) is 17.7 Å². The van der Waals surface area contributed by atoms with Crippen molar-refractivity contribution in [2.75, 3.05) is 25.0 Å². The lowest BCUT2D eigenvalue weighted by atomic mass is 10.00. The van der Waals surface area contributed by atoms with Gasteiger partial charge in [-0.2, -0.15) is 13.2 Å². The number of hydrogen-bond acceptors (Lipinski definition) is 5. The van der Waals surface area contributed by atoms with E-state index >= 15 is 0 Å². The van der Waals surface area contributed by atoms with E-state index in [9.17, 15) is 32.7 Å². The zero-order valence-corrected chi connectivity index (χ0v) is 21.8. The van der Waals surface area contributed by atoms with Crippen LogP contribution < -0.4 is 16.4 Å². The van der Waals surface area contributed by atoms with Gasteiger partial charge >= 0.3 is 6.18 Å². The number of halogens is 3. The SMILES string of the molecule is CCN(CCN)C(=O)CC[C@H](C)C(=O)N[C@H](Cc1ccc(C(F)(F)F)cc1)C(=O)Nc1cc(C)ccc1O. The number of nitrogens with two attached hydrogens (primary N) is 1. The third kappa shape index (κ3) is 9.05. The fourth-order valence-corrected chi connectivity index (χ4v) is 3.80. The second-order valence-electron chi connectivity index (χ2n) is 9.17. The van der Waals surface area contributed by atoms with E-state index in [1.807, 2.05) is 6.92 Å². The van der Waals surface area contributed by atoms with Gasteiger partial charge in [0.05, 0.1) is 11.3 Å². The molecule has 0 fully saturated rings. The van der Waals surface area contributed by atoms with Crippen molar-refractivity contribution in [3.8, 4) is 5.75 Å². The van der Waals surface area contributed by atoms with Gasteiger partial charge in [-0.15, -0.1) is 0 Å². The molecule has 0 aliphatic rings. The largest absolute Gasteiger partial charge is 0.506 e. The molecule has 2 aromatic carbocycles. The summed E-state index contributed by atoms with van der Waals surface area (Å²) in [6.45, 7) is 6.47. The number of likely N-dealkylation sites (N-methyl/N-ethyl adjacent to an activating group) is 1. The van der Waals surface area contributed by atoms with Crippen LogP contribution in [-0.4, -0.2) is 53.4 Å². The summed E-state index contributed by atoms with van der Waals surface area (Å²) in [6, 6.07) is 7.79. The maximum atomic E-state index is 13.1. The predicted octanol–water partition coefficient (Wildman–Crippen LogP) is 3.61. The first-order chi connectivity index (χ1) is 17.8. The molecular weight excluding hydrogens is 501 g/mol. The summed E-state index contributed by atoms with van der Waals surface area (Å²) < 4.78 is 38.9. The molecule has 208 valence electrons. The highest BCUT2D eigenvalue weighted by atomic mass is 19.4. The summed E-state index contributed by atoms with van der Waals surface area (Å²) in [4.78, 5) is 40.1. The highest BCUT2D eigenvalue weighted by molar-refractivity contribution is 5.98. The van der Waals surface area contributed by atoms with Crippen LogP contribution in [0.3, 0.4) is 0 Å². The average Bonchev–Trinajstić information content (AvgIpc) is 2.87. The maximum absolute atomic E-state index is 13.1. The number of carbonyl (C=O) groups excluding carboxylic acids is 3. The van der Waals surface area contributed by atoms with E-state index in [-0.39, 0.29) is 36.6 Å². The molecule has 0 saturated carbocycles. The van der Waals surface area contributed by atoms with Crippen molar-refractivity contribution in [3.05, 3.63) is 59.2 Å². The minimum atomic E-state index is -4.50. The van der Waals surface area contributed by atoms with Crippen LogP contribution in [0.25, 0.3) is 0 Å². The minimum Gasteiger partial charge on any atom is -0.506 e. The molecular formula is C27H35F3N4O4. The molecule has 0 aliphatic heterocycles. The number of amides is 3. The van der Waals surface area contributed by atoms with Crippen LogP contribution in [0.5, 0.6) is 5.75 Å². The number of nitrogens with zero attached hydrogens (tertiary/aromatic N) is 1. The van der Waals surface area contributed by atoms with Crippen molar-refractivity contribution in [1.29, 1.82) is 0 Å². The van der Waals surface area contributed by atoms with Crippen LogP contribution in [-0.2, 0) is 27.0 Å². The molecule has 3 amide bonds. The number of phenols is 1. The average molecular weight is 537 g/mol. The number of nitrogens with one attached hydrogen (secondary N) is 2. The van der Waals surface area contributed by atoms with Crippen molar-refractivity contribution in [2.45, 2.75) is 52.3 Å². The van der Waals surface area contributed by atoms with Crippen LogP contribution >= 0.6 is 0 Å². The Morgan fingerprint density at radius 1 is 1.08 bits per heavy atom. The van der Waals surface area contributed by atoms with Crippen molar-refractivity contribution < 1.29 is 32.7 Å². The van der Waals surface area contributed by atoms with Crippen molar-refractivity contribution >= 4 is 23.4 Å². The lowest BCUT2D eigenvalue weighted by Crippen LogP contribution is -2.47. The summed E-state index contributed by atoms with van der Waals surface area (Å²) in [5, 5.41) is 15.3. The molecule has 2 aromatic rings. The van der Waals surface area contributed by atoms with E-state index in [4.69, 9.17) is 5.73 Å². The third-order valence-corrected chi connectivity index (χ3v) is 6.14. The Morgan fingerprint density at radius 3 is 2.32 bits per heavy atom. The molecule has 0 heterocycles. The molecule has 0 bridgehead atoms. The van der Waals surface area contributed by atoms with Gasteiger partial charge in [0.15, 0.2) is 0 Å². The molecule has 8 nitrogen and oxygen atoms in total. The molecule has 2 atom stereocenters. The van der Waals surface area contributed by atoms with E-state index in [1.54, 1.807) is 30.9 Å². The number of aryl methyl sites for hydroxylation is 1. The number of benzene rings is 2. The fraction of sp³-hybridized carbons (Fsp3) is 0.444. The van der Waals surface area contributed by atoms with Gasteiger partial charge in [-0.25, -0.2) is 0 Å². The Hall–Kier alpha value is -3.60. The second-order valence-corrected chi connectivity index (χ2v) is 9.17. The molecule has 0 aromatic heterocycles. The highest BCUT2D eigenvalue weighted by Gasteiger charge is 2.30. The molecule has 0 aliphatic carbocycles. The predicted molar refractivity (Wildman–Crippen MR) is 138 cm³/mol. The van der Waals surface area contributed by atoms with Crippen molar-refractivity contribution in [2.24, 2.45) is 11.7 Å². The Balaban J connectivity index is 2.17. The van der Waals surface area contributed by atoms with E-state index in [0.29, 0.717) is 25.2 Å². The summed E-state index contributed by atoms with van der Waals surface area (Å²) in [7, 11) is 0. The summed E-state index contributed by atoms with van der Waals surface area (Å²) >= 11 is 0. The van der Waals surface area contributed by atoms with E-state index in [1.165, 1.54) is 18.2 Å². The quantitative estimate of drug-likeness (QED) is 0.309. The smallest absolute Gasteiger partial charge is 0.416 e. The molecule has 0 unspecified atom stereocenters.